The van der Waals surface area contributed by atoms with Crippen molar-refractivity contribution in [1.82, 2.24) is 5.43 Å². The summed E-state index contributed by atoms with van der Waals surface area (Å²) >= 11 is 0. The topological polar surface area (TPSA) is 93.8 Å². The largest absolute Gasteiger partial charge is 0.458 e. The second kappa shape index (κ2) is 7.47. The minimum absolute atomic E-state index is 0.314. The Kier molecular flexibility index (Phi) is 5.96. The lowest BCUT2D eigenvalue weighted by Crippen LogP contribution is -2.26. The molecule has 0 bridgehead atoms. The lowest BCUT2D eigenvalue weighted by atomic mass is 10.1. The number of carbonyl (C=O) groups excluding carboxylic acids is 2. The van der Waals surface area contributed by atoms with Crippen LogP contribution in [0.1, 0.15) is 40.0 Å². The molecule has 20 heavy (non-hydrogen) atoms. The van der Waals surface area contributed by atoms with Crippen molar-refractivity contribution >= 4 is 17.7 Å². The van der Waals surface area contributed by atoms with Crippen molar-refractivity contribution in [3.8, 4) is 0 Å². The summed E-state index contributed by atoms with van der Waals surface area (Å²) in [6.07, 6.45) is 5.88. The molecule has 0 aliphatic heterocycles. The summed E-state index contributed by atoms with van der Waals surface area (Å²) in [6.45, 7) is 5.34. The van der Waals surface area contributed by atoms with Gasteiger partial charge in [0.05, 0.1) is 5.71 Å². The Hall–Kier alpha value is -2.11. The van der Waals surface area contributed by atoms with Crippen molar-refractivity contribution in [2.24, 2.45) is 10.8 Å². The first kappa shape index (κ1) is 15.9. The van der Waals surface area contributed by atoms with Crippen molar-refractivity contribution in [3.05, 3.63) is 23.3 Å². The van der Waals surface area contributed by atoms with Crippen LogP contribution in [-0.4, -0.2) is 23.8 Å². The molecule has 0 fully saturated rings. The van der Waals surface area contributed by atoms with Gasteiger partial charge in [-0.2, -0.15) is 5.10 Å². The van der Waals surface area contributed by atoms with Crippen LogP contribution in [-0.2, 0) is 9.53 Å². The van der Waals surface area contributed by atoms with E-state index in [2.05, 4.69) is 23.5 Å². The van der Waals surface area contributed by atoms with Crippen molar-refractivity contribution < 1.29 is 14.3 Å². The highest BCUT2D eigenvalue weighted by Gasteiger charge is 2.29. The first-order valence-corrected chi connectivity index (χ1v) is 6.59. The fourth-order valence-electron chi connectivity index (χ4n) is 2.09. The zero-order valence-electron chi connectivity index (χ0n) is 12.1. The van der Waals surface area contributed by atoms with Gasteiger partial charge in [0.25, 0.3) is 0 Å². The van der Waals surface area contributed by atoms with E-state index in [1.54, 1.807) is 0 Å². The third-order valence-electron chi connectivity index (χ3n) is 3.02. The van der Waals surface area contributed by atoms with Crippen molar-refractivity contribution in [3.63, 3.8) is 0 Å². The summed E-state index contributed by atoms with van der Waals surface area (Å²) in [5, 5.41) is 4.00. The Morgan fingerprint density at radius 3 is 2.75 bits per heavy atom. The number of ether oxygens (including phenoxy) is 1. The predicted molar refractivity (Wildman–Crippen MR) is 77.1 cm³/mol. The quantitative estimate of drug-likeness (QED) is 0.458. The van der Waals surface area contributed by atoms with Crippen molar-refractivity contribution in [2.45, 2.75) is 46.1 Å². The average Bonchev–Trinajstić information content (AvgIpc) is 2.64. The number of nitrogens with two attached hydrogens (primary N) is 1. The maximum absolute atomic E-state index is 11.1. The molecule has 1 unspecified atom stereocenters. The van der Waals surface area contributed by atoms with Gasteiger partial charge in [-0.25, -0.2) is 10.2 Å². The maximum Gasteiger partial charge on any atom is 0.332 e. The van der Waals surface area contributed by atoms with E-state index in [9.17, 15) is 9.59 Å². The second-order valence-electron chi connectivity index (χ2n) is 4.58. The molecule has 0 spiro atoms. The maximum atomic E-state index is 11.1. The molecule has 6 heteroatoms. The molecule has 0 aromatic heterocycles. The van der Waals surface area contributed by atoms with Crippen molar-refractivity contribution in [1.29, 1.82) is 0 Å². The van der Waals surface area contributed by atoms with Crippen LogP contribution >= 0.6 is 0 Å². The summed E-state index contributed by atoms with van der Waals surface area (Å²) in [7, 11) is 0. The number of primary amides is 1. The first-order chi connectivity index (χ1) is 9.45. The standard InChI is InChI=1S/C14H21N3O3/c1-4-5-6-7-11-9(2)13(20-10(3)18)8-12(11)16-17-14(15)19/h5-6,13H,4,7-8H2,1-3H3,(H3,15,17,19). The Morgan fingerprint density at radius 2 is 2.20 bits per heavy atom. The van der Waals surface area contributed by atoms with Gasteiger partial charge >= 0.3 is 12.0 Å². The Bertz CT molecular complexity index is 478. The highest BCUT2D eigenvalue weighted by molar-refractivity contribution is 6.04. The molecule has 0 saturated heterocycles. The number of allylic oxidation sites excluding steroid dienone is 3. The van der Waals surface area contributed by atoms with Crippen LogP contribution in [0.3, 0.4) is 0 Å². The highest BCUT2D eigenvalue weighted by Crippen LogP contribution is 2.29. The van der Waals surface area contributed by atoms with Crippen molar-refractivity contribution in [2.75, 3.05) is 0 Å². The second-order valence-corrected chi connectivity index (χ2v) is 4.58. The van der Waals surface area contributed by atoms with Gasteiger partial charge in [-0.3, -0.25) is 4.79 Å². The fraction of sp³-hybridized carbons (Fsp3) is 0.500. The molecule has 0 aromatic carbocycles. The smallest absolute Gasteiger partial charge is 0.332 e. The van der Waals surface area contributed by atoms with E-state index in [0.717, 1.165) is 17.6 Å². The van der Waals surface area contributed by atoms with E-state index in [0.29, 0.717) is 18.6 Å². The van der Waals surface area contributed by atoms with Crippen LogP contribution in [0.25, 0.3) is 0 Å². The van der Waals surface area contributed by atoms with Gasteiger partial charge in [0.1, 0.15) is 6.10 Å². The number of nitrogens with zero attached hydrogens (tertiary/aromatic N) is 1. The number of urea groups is 1. The van der Waals surface area contributed by atoms with Gasteiger partial charge in [0.2, 0.25) is 0 Å². The van der Waals surface area contributed by atoms with Gasteiger partial charge in [0, 0.05) is 13.3 Å². The third kappa shape index (κ3) is 4.53. The Balaban J connectivity index is 2.93. The van der Waals surface area contributed by atoms with Gasteiger partial charge < -0.3 is 10.5 Å². The van der Waals surface area contributed by atoms with E-state index < -0.39 is 6.03 Å². The molecule has 0 radical (unpaired) electrons. The van der Waals surface area contributed by atoms with E-state index >= 15 is 0 Å². The summed E-state index contributed by atoms with van der Waals surface area (Å²) in [6, 6.07) is -0.713. The molecule has 0 saturated carbocycles. The van der Waals surface area contributed by atoms with E-state index in [-0.39, 0.29) is 12.1 Å². The van der Waals surface area contributed by atoms with Crippen LogP contribution in [0, 0.1) is 0 Å². The summed E-state index contributed by atoms with van der Waals surface area (Å²) in [5.41, 5.74) is 9.89. The normalized spacial score (nSPS) is 20.8. The molecule has 1 atom stereocenters. The average molecular weight is 279 g/mol. The zero-order valence-corrected chi connectivity index (χ0v) is 12.1. The van der Waals surface area contributed by atoms with Crippen LogP contribution in [0.4, 0.5) is 4.79 Å². The molecule has 1 aliphatic carbocycles. The van der Waals surface area contributed by atoms with E-state index in [1.165, 1.54) is 6.92 Å². The number of hydrogen-bond acceptors (Lipinski definition) is 4. The summed E-state index contributed by atoms with van der Waals surface area (Å²) in [5.74, 6) is -0.332. The Morgan fingerprint density at radius 1 is 1.50 bits per heavy atom. The molecule has 3 N–H and O–H groups in total. The molecular formula is C14H21N3O3. The summed E-state index contributed by atoms with van der Waals surface area (Å²) < 4.78 is 5.25. The van der Waals surface area contributed by atoms with E-state index in [4.69, 9.17) is 10.5 Å². The third-order valence-corrected chi connectivity index (χ3v) is 3.02. The number of nitrogens with one attached hydrogen (secondary N) is 1. The van der Waals surface area contributed by atoms with Gasteiger partial charge in [-0.05, 0) is 30.9 Å². The number of amides is 2. The monoisotopic (exact) mass is 279 g/mol. The fourth-order valence-corrected chi connectivity index (χ4v) is 2.09. The van der Waals surface area contributed by atoms with E-state index in [1.807, 2.05) is 13.0 Å². The van der Waals surface area contributed by atoms with Gasteiger partial charge in [0.15, 0.2) is 0 Å². The number of rotatable bonds is 5. The molecule has 1 aliphatic rings. The van der Waals surface area contributed by atoms with Gasteiger partial charge in [-0.15, -0.1) is 0 Å². The summed E-state index contributed by atoms with van der Waals surface area (Å²) in [4.78, 5) is 21.8. The lowest BCUT2D eigenvalue weighted by molar-refractivity contribution is -0.144. The molecule has 1 rings (SSSR count). The number of hydrogen-bond donors (Lipinski definition) is 2. The van der Waals surface area contributed by atoms with Crippen LogP contribution in [0.15, 0.2) is 28.4 Å². The van der Waals surface area contributed by atoms with Gasteiger partial charge in [-0.1, -0.05) is 19.1 Å². The molecule has 2 amide bonds. The molecular weight excluding hydrogens is 258 g/mol. The van der Waals surface area contributed by atoms with Crippen LogP contribution in [0.5, 0.6) is 0 Å². The Labute approximate surface area is 118 Å². The SMILES string of the molecule is CCC=CCC1=C(C)C(OC(C)=O)CC1=NNC(N)=O. The minimum Gasteiger partial charge on any atom is -0.458 e. The molecule has 6 nitrogen and oxygen atoms in total. The number of carbonyl (C=O) groups is 2. The predicted octanol–water partition coefficient (Wildman–Crippen LogP) is 2.02. The number of esters is 1. The highest BCUT2D eigenvalue weighted by atomic mass is 16.5. The first-order valence-electron chi connectivity index (χ1n) is 6.59. The molecule has 0 aromatic rings. The minimum atomic E-state index is -0.713. The van der Waals surface area contributed by atoms with Crippen LogP contribution < -0.4 is 11.2 Å². The lowest BCUT2D eigenvalue weighted by Gasteiger charge is -2.11. The number of hydrazone groups is 1. The molecule has 0 heterocycles. The zero-order chi connectivity index (χ0) is 15.1. The molecule has 110 valence electrons. The van der Waals surface area contributed by atoms with Crippen LogP contribution in [0.2, 0.25) is 0 Å².